The molecule has 1 N–H and O–H groups in total. The number of amides is 1. The van der Waals surface area contributed by atoms with E-state index in [2.05, 4.69) is 5.32 Å². The number of benzene rings is 1. The van der Waals surface area contributed by atoms with Crippen LogP contribution in [0.2, 0.25) is 0 Å². The summed E-state index contributed by atoms with van der Waals surface area (Å²) < 4.78 is 6.35. The summed E-state index contributed by atoms with van der Waals surface area (Å²) in [5, 5.41) is 4.23. The number of pyridine rings is 1. The van der Waals surface area contributed by atoms with Gasteiger partial charge in [0.25, 0.3) is 5.56 Å². The Morgan fingerprint density at radius 2 is 2.10 bits per heavy atom. The number of hydrogen-bond donors (Lipinski definition) is 1. The van der Waals surface area contributed by atoms with Gasteiger partial charge in [-0.25, -0.2) is 0 Å². The molecule has 1 aromatic heterocycles. The van der Waals surface area contributed by atoms with E-state index in [1.807, 2.05) is 31.2 Å². The summed E-state index contributed by atoms with van der Waals surface area (Å²) >= 11 is 0. The second-order valence-corrected chi connectivity index (χ2v) is 4.61. The lowest BCUT2D eigenvalue weighted by atomic mass is 10.1. The lowest BCUT2D eigenvalue weighted by Gasteiger charge is -2.11. The van der Waals surface area contributed by atoms with Crippen LogP contribution in [-0.4, -0.2) is 30.7 Å². The number of nitrogens with one attached hydrogen (secondary N) is 1. The number of fused-ring (bicyclic) bond motifs is 1. The van der Waals surface area contributed by atoms with Crippen LogP contribution in [0.4, 0.5) is 0 Å². The molecule has 0 fully saturated rings. The molecular weight excluding hydrogens is 256 g/mol. The number of aromatic nitrogens is 1. The van der Waals surface area contributed by atoms with Gasteiger partial charge in [0, 0.05) is 24.7 Å². The maximum absolute atomic E-state index is 12.4. The molecule has 0 saturated carbocycles. The van der Waals surface area contributed by atoms with Crippen LogP contribution in [0.5, 0.6) is 0 Å². The zero-order valence-electron chi connectivity index (χ0n) is 11.7. The van der Waals surface area contributed by atoms with Crippen molar-refractivity contribution in [2.24, 2.45) is 0 Å². The van der Waals surface area contributed by atoms with Crippen LogP contribution in [0.3, 0.4) is 0 Å². The van der Waals surface area contributed by atoms with Crippen molar-refractivity contribution in [2.45, 2.75) is 13.5 Å². The minimum atomic E-state index is -0.192. The number of carbonyl (C=O) groups is 1. The fraction of sp³-hybridized carbons (Fsp3) is 0.333. The van der Waals surface area contributed by atoms with E-state index in [1.165, 1.54) is 4.57 Å². The average Bonchev–Trinajstić information content (AvgIpc) is 2.44. The molecule has 2 aromatic rings. The highest BCUT2D eigenvalue weighted by Crippen LogP contribution is 2.11. The van der Waals surface area contributed by atoms with Gasteiger partial charge in [0.1, 0.15) is 6.54 Å². The van der Waals surface area contributed by atoms with Gasteiger partial charge < -0.3 is 14.6 Å². The third-order valence-electron chi connectivity index (χ3n) is 3.16. The summed E-state index contributed by atoms with van der Waals surface area (Å²) in [4.78, 5) is 24.2. The van der Waals surface area contributed by atoms with Crippen molar-refractivity contribution in [1.29, 1.82) is 0 Å². The Bertz CT molecular complexity index is 676. The summed E-state index contributed by atoms with van der Waals surface area (Å²) in [7, 11) is 1.57. The Kier molecular flexibility index (Phi) is 4.53. The van der Waals surface area contributed by atoms with Crippen molar-refractivity contribution < 1.29 is 9.53 Å². The third kappa shape index (κ3) is 3.05. The highest BCUT2D eigenvalue weighted by Gasteiger charge is 2.09. The zero-order chi connectivity index (χ0) is 14.5. The summed E-state index contributed by atoms with van der Waals surface area (Å²) in [6, 6.07) is 9.30. The van der Waals surface area contributed by atoms with Gasteiger partial charge in [-0.15, -0.1) is 0 Å². The van der Waals surface area contributed by atoms with Crippen LogP contribution in [0.1, 0.15) is 5.69 Å². The van der Waals surface area contributed by atoms with Crippen molar-refractivity contribution in [3.8, 4) is 0 Å². The lowest BCUT2D eigenvalue weighted by molar-refractivity contribution is -0.121. The normalized spacial score (nSPS) is 10.7. The summed E-state index contributed by atoms with van der Waals surface area (Å²) in [6.45, 7) is 2.75. The monoisotopic (exact) mass is 274 g/mol. The van der Waals surface area contributed by atoms with E-state index in [0.717, 1.165) is 11.1 Å². The van der Waals surface area contributed by atoms with E-state index in [4.69, 9.17) is 4.74 Å². The molecule has 0 spiro atoms. The summed E-state index contributed by atoms with van der Waals surface area (Å²) in [5.74, 6) is -0.192. The average molecular weight is 274 g/mol. The largest absolute Gasteiger partial charge is 0.383 e. The quantitative estimate of drug-likeness (QED) is 0.830. The standard InChI is InChI=1S/C15H18N2O3/c1-11-9-12-5-3-4-6-13(12)15(19)17(11)10-14(18)16-7-8-20-2/h3-6,9H,7-8,10H2,1-2H3,(H,16,18). The van der Waals surface area contributed by atoms with Crippen molar-refractivity contribution in [1.82, 2.24) is 9.88 Å². The van der Waals surface area contributed by atoms with Gasteiger partial charge in [-0.2, -0.15) is 0 Å². The Labute approximate surface area is 117 Å². The van der Waals surface area contributed by atoms with Gasteiger partial charge in [0.15, 0.2) is 0 Å². The van der Waals surface area contributed by atoms with Crippen LogP contribution in [0.15, 0.2) is 35.1 Å². The SMILES string of the molecule is COCCNC(=O)Cn1c(C)cc2ccccc2c1=O. The van der Waals surface area contributed by atoms with E-state index >= 15 is 0 Å². The molecule has 106 valence electrons. The Morgan fingerprint density at radius 3 is 2.85 bits per heavy atom. The molecule has 1 amide bonds. The number of hydrogen-bond acceptors (Lipinski definition) is 3. The molecule has 1 aromatic carbocycles. The van der Waals surface area contributed by atoms with Crippen LogP contribution >= 0.6 is 0 Å². The first kappa shape index (κ1) is 14.3. The molecule has 0 saturated heterocycles. The van der Waals surface area contributed by atoms with Crippen LogP contribution < -0.4 is 10.9 Å². The molecule has 0 aliphatic rings. The molecule has 0 bridgehead atoms. The van der Waals surface area contributed by atoms with Crippen molar-refractivity contribution >= 4 is 16.7 Å². The van der Waals surface area contributed by atoms with E-state index in [9.17, 15) is 9.59 Å². The molecule has 0 atom stereocenters. The second-order valence-electron chi connectivity index (χ2n) is 4.61. The summed E-state index contributed by atoms with van der Waals surface area (Å²) in [5.41, 5.74) is 0.637. The molecule has 0 radical (unpaired) electrons. The van der Waals surface area contributed by atoms with E-state index < -0.39 is 0 Å². The highest BCUT2D eigenvalue weighted by molar-refractivity contribution is 5.82. The third-order valence-corrected chi connectivity index (χ3v) is 3.16. The first-order chi connectivity index (χ1) is 9.63. The maximum atomic E-state index is 12.4. The smallest absolute Gasteiger partial charge is 0.259 e. The number of aryl methyl sites for hydroxylation is 1. The fourth-order valence-electron chi connectivity index (χ4n) is 2.11. The van der Waals surface area contributed by atoms with Gasteiger partial charge in [-0.3, -0.25) is 9.59 Å². The zero-order valence-corrected chi connectivity index (χ0v) is 11.7. The molecule has 20 heavy (non-hydrogen) atoms. The number of methoxy groups -OCH3 is 1. The molecule has 0 aliphatic heterocycles. The maximum Gasteiger partial charge on any atom is 0.259 e. The molecule has 1 heterocycles. The molecular formula is C15H18N2O3. The van der Waals surface area contributed by atoms with E-state index in [0.29, 0.717) is 18.5 Å². The van der Waals surface area contributed by atoms with Crippen LogP contribution in [-0.2, 0) is 16.1 Å². The van der Waals surface area contributed by atoms with Gasteiger partial charge in [0.2, 0.25) is 5.91 Å². The second kappa shape index (κ2) is 6.34. The van der Waals surface area contributed by atoms with Crippen molar-refractivity contribution in [2.75, 3.05) is 20.3 Å². The number of nitrogens with zero attached hydrogens (tertiary/aromatic N) is 1. The van der Waals surface area contributed by atoms with Crippen molar-refractivity contribution in [3.05, 3.63) is 46.4 Å². The number of carbonyl (C=O) groups excluding carboxylic acids is 1. The Morgan fingerprint density at radius 1 is 1.35 bits per heavy atom. The molecule has 2 rings (SSSR count). The number of rotatable bonds is 5. The molecule has 0 aliphatic carbocycles. The fourth-order valence-corrected chi connectivity index (χ4v) is 2.11. The Hall–Kier alpha value is -2.14. The lowest BCUT2D eigenvalue weighted by Crippen LogP contribution is -2.34. The van der Waals surface area contributed by atoms with Crippen LogP contribution in [0, 0.1) is 6.92 Å². The topological polar surface area (TPSA) is 60.3 Å². The summed E-state index contributed by atoms with van der Waals surface area (Å²) in [6.07, 6.45) is 0. The first-order valence-electron chi connectivity index (χ1n) is 6.48. The minimum Gasteiger partial charge on any atom is -0.383 e. The predicted molar refractivity (Wildman–Crippen MR) is 77.8 cm³/mol. The highest BCUT2D eigenvalue weighted by atomic mass is 16.5. The van der Waals surface area contributed by atoms with Crippen LogP contribution in [0.25, 0.3) is 10.8 Å². The molecule has 5 heteroatoms. The molecule has 5 nitrogen and oxygen atoms in total. The van der Waals surface area contributed by atoms with Gasteiger partial charge in [0.05, 0.1) is 6.61 Å². The first-order valence-corrected chi connectivity index (χ1v) is 6.48. The van der Waals surface area contributed by atoms with Crippen molar-refractivity contribution in [3.63, 3.8) is 0 Å². The van der Waals surface area contributed by atoms with E-state index in [-0.39, 0.29) is 18.0 Å². The number of ether oxygens (including phenoxy) is 1. The Balaban J connectivity index is 2.26. The van der Waals surface area contributed by atoms with Gasteiger partial charge in [-0.05, 0) is 24.4 Å². The van der Waals surface area contributed by atoms with Gasteiger partial charge >= 0.3 is 0 Å². The predicted octanol–water partition coefficient (Wildman–Crippen LogP) is 1.07. The van der Waals surface area contributed by atoms with E-state index in [1.54, 1.807) is 13.2 Å². The van der Waals surface area contributed by atoms with Gasteiger partial charge in [-0.1, -0.05) is 18.2 Å². The minimum absolute atomic E-state index is 0.0270. The molecule has 0 unspecified atom stereocenters.